The average Bonchev–Trinajstić information content (AvgIpc) is 3.03. The molecule has 130 valence electrons. The highest BCUT2D eigenvalue weighted by molar-refractivity contribution is 5.68. The normalized spacial score (nSPS) is 20.7. The van der Waals surface area contributed by atoms with Crippen LogP contribution in [0, 0.1) is 0 Å². The number of nitrogens with zero attached hydrogens (tertiary/aromatic N) is 6. The Morgan fingerprint density at radius 2 is 1.38 bits per heavy atom. The van der Waals surface area contributed by atoms with Crippen molar-refractivity contribution in [2.75, 3.05) is 52.6 Å². The molecule has 9 nitrogen and oxygen atoms in total. The van der Waals surface area contributed by atoms with Crippen molar-refractivity contribution in [2.45, 2.75) is 13.3 Å². The van der Waals surface area contributed by atoms with Crippen LogP contribution in [0.2, 0.25) is 0 Å². The van der Waals surface area contributed by atoms with Gasteiger partial charge in [0.05, 0.1) is 46.1 Å². The van der Waals surface area contributed by atoms with E-state index in [0.29, 0.717) is 37.7 Å². The lowest BCUT2D eigenvalue weighted by atomic mass is 10.4. The summed E-state index contributed by atoms with van der Waals surface area (Å²) in [7, 11) is 0. The summed E-state index contributed by atoms with van der Waals surface area (Å²) in [6.45, 7) is 7.53. The zero-order valence-electron chi connectivity index (χ0n) is 13.6. The Kier molecular flexibility index (Phi) is 4.56. The molecule has 2 aliphatic heterocycles. The van der Waals surface area contributed by atoms with Gasteiger partial charge in [0.15, 0.2) is 11.2 Å². The number of hydrogen-bond acceptors (Lipinski definition) is 7. The van der Waals surface area contributed by atoms with Gasteiger partial charge in [-0.1, -0.05) is 0 Å². The molecule has 4 heterocycles. The molecule has 0 N–H and O–H groups in total. The van der Waals surface area contributed by atoms with Crippen LogP contribution < -0.4 is 5.56 Å². The molecule has 2 aromatic heterocycles. The van der Waals surface area contributed by atoms with Gasteiger partial charge < -0.3 is 14.0 Å². The zero-order chi connectivity index (χ0) is 16.4. The fraction of sp³-hybridized carbons (Fsp3) is 0.667. The van der Waals surface area contributed by atoms with E-state index >= 15 is 0 Å². The summed E-state index contributed by atoms with van der Waals surface area (Å²) in [6, 6.07) is 0. The van der Waals surface area contributed by atoms with Gasteiger partial charge in [0.25, 0.3) is 5.56 Å². The van der Waals surface area contributed by atoms with Crippen LogP contribution in [-0.4, -0.2) is 81.5 Å². The second-order valence-electron chi connectivity index (χ2n) is 6.15. The summed E-state index contributed by atoms with van der Waals surface area (Å²) in [5, 5.41) is 0. The number of ether oxygens (including phenoxy) is 2. The topological polar surface area (TPSA) is 77.7 Å². The Balaban J connectivity index is 1.54. The van der Waals surface area contributed by atoms with E-state index in [9.17, 15) is 4.79 Å². The molecule has 0 aliphatic carbocycles. The maximum absolute atomic E-state index is 12.7. The predicted molar refractivity (Wildman–Crippen MR) is 86.6 cm³/mol. The maximum Gasteiger partial charge on any atom is 0.282 e. The number of hydrogen-bond donors (Lipinski definition) is 0. The number of rotatable bonds is 4. The van der Waals surface area contributed by atoms with Crippen molar-refractivity contribution in [3.8, 4) is 0 Å². The molecule has 2 aliphatic rings. The molecule has 9 heteroatoms. The van der Waals surface area contributed by atoms with Gasteiger partial charge in [-0.15, -0.1) is 0 Å². The molecular formula is C15H22N6O3. The first-order chi connectivity index (χ1) is 11.8. The maximum atomic E-state index is 12.7. The van der Waals surface area contributed by atoms with E-state index in [1.54, 1.807) is 17.2 Å². The zero-order valence-corrected chi connectivity index (χ0v) is 13.6. The first-order valence-corrected chi connectivity index (χ1v) is 8.32. The molecule has 0 amide bonds. The molecule has 0 radical (unpaired) electrons. The summed E-state index contributed by atoms with van der Waals surface area (Å²) in [4.78, 5) is 25.9. The highest BCUT2D eigenvalue weighted by Crippen LogP contribution is 2.08. The number of morpholine rings is 2. The monoisotopic (exact) mass is 334 g/mol. The molecule has 2 fully saturated rings. The largest absolute Gasteiger partial charge is 0.379 e. The summed E-state index contributed by atoms with van der Waals surface area (Å²) >= 11 is 0. The highest BCUT2D eigenvalue weighted by Gasteiger charge is 2.16. The first-order valence-electron chi connectivity index (χ1n) is 8.32. The molecule has 0 unspecified atom stereocenters. The van der Waals surface area contributed by atoms with Crippen molar-refractivity contribution in [3.05, 3.63) is 23.0 Å². The summed E-state index contributed by atoms with van der Waals surface area (Å²) in [5.41, 5.74) is 0.982. The van der Waals surface area contributed by atoms with Crippen LogP contribution in [-0.2, 0) is 22.8 Å². The van der Waals surface area contributed by atoms with Gasteiger partial charge in [0.1, 0.15) is 6.33 Å². The van der Waals surface area contributed by atoms with E-state index in [1.807, 2.05) is 4.57 Å². The van der Waals surface area contributed by atoms with E-state index in [0.717, 1.165) is 39.4 Å². The molecule has 24 heavy (non-hydrogen) atoms. The molecule has 0 saturated carbocycles. The van der Waals surface area contributed by atoms with Crippen LogP contribution in [0.4, 0.5) is 0 Å². The summed E-state index contributed by atoms with van der Waals surface area (Å²) in [6.07, 6.45) is 3.32. The fourth-order valence-electron chi connectivity index (χ4n) is 3.10. The van der Waals surface area contributed by atoms with Crippen molar-refractivity contribution in [1.29, 1.82) is 0 Å². The van der Waals surface area contributed by atoms with E-state index in [-0.39, 0.29) is 5.56 Å². The Labute approximate surface area is 139 Å². The Morgan fingerprint density at radius 1 is 0.833 bits per heavy atom. The molecule has 4 rings (SSSR count). The number of aromatic nitrogens is 4. The van der Waals surface area contributed by atoms with Crippen LogP contribution in [0.1, 0.15) is 0 Å². The van der Waals surface area contributed by atoms with Gasteiger partial charge in [-0.3, -0.25) is 19.2 Å². The van der Waals surface area contributed by atoms with Crippen LogP contribution >= 0.6 is 0 Å². The minimum Gasteiger partial charge on any atom is -0.379 e. The standard InChI is InChI=1S/C15H22N6O3/c22-15-13-14(17-10-21(15)12-19-3-7-24-8-4-19)20(9-16-13)11-18-1-5-23-6-2-18/h9-10H,1-8,11-12H2. The second-order valence-corrected chi connectivity index (χ2v) is 6.15. The highest BCUT2D eigenvalue weighted by atomic mass is 16.5. The van der Waals surface area contributed by atoms with Crippen molar-refractivity contribution in [1.82, 2.24) is 28.9 Å². The SMILES string of the molecule is O=c1c2ncn(CN3CCOCC3)c2ncn1CN1CCOCC1. The lowest BCUT2D eigenvalue weighted by Crippen LogP contribution is -2.40. The van der Waals surface area contributed by atoms with Crippen molar-refractivity contribution < 1.29 is 9.47 Å². The third-order valence-electron chi connectivity index (χ3n) is 4.51. The van der Waals surface area contributed by atoms with Gasteiger partial charge >= 0.3 is 0 Å². The lowest BCUT2D eigenvalue weighted by Gasteiger charge is -2.27. The lowest BCUT2D eigenvalue weighted by molar-refractivity contribution is 0.0227. The van der Waals surface area contributed by atoms with Crippen molar-refractivity contribution >= 4 is 11.2 Å². The number of fused-ring (bicyclic) bond motifs is 1. The second kappa shape index (κ2) is 6.98. The minimum atomic E-state index is -0.0905. The Hall–Kier alpha value is -1.81. The fourth-order valence-corrected chi connectivity index (χ4v) is 3.10. The van der Waals surface area contributed by atoms with Crippen molar-refractivity contribution in [2.24, 2.45) is 0 Å². The van der Waals surface area contributed by atoms with Crippen LogP contribution in [0.5, 0.6) is 0 Å². The van der Waals surface area contributed by atoms with Crippen molar-refractivity contribution in [3.63, 3.8) is 0 Å². The van der Waals surface area contributed by atoms with Crippen LogP contribution in [0.15, 0.2) is 17.4 Å². The first kappa shape index (κ1) is 15.7. The van der Waals surface area contributed by atoms with Crippen LogP contribution in [0.3, 0.4) is 0 Å². The quantitative estimate of drug-likeness (QED) is 0.722. The number of imidazole rings is 1. The van der Waals surface area contributed by atoms with E-state index in [4.69, 9.17) is 9.47 Å². The third kappa shape index (κ3) is 3.20. The molecule has 2 saturated heterocycles. The van der Waals surface area contributed by atoms with Gasteiger partial charge in [-0.2, -0.15) is 0 Å². The molecule has 0 bridgehead atoms. The molecule has 0 aromatic carbocycles. The third-order valence-corrected chi connectivity index (χ3v) is 4.51. The average molecular weight is 334 g/mol. The van der Waals surface area contributed by atoms with Crippen LogP contribution in [0.25, 0.3) is 11.2 Å². The van der Waals surface area contributed by atoms with E-state index < -0.39 is 0 Å². The van der Waals surface area contributed by atoms with Gasteiger partial charge in [-0.05, 0) is 0 Å². The van der Waals surface area contributed by atoms with Gasteiger partial charge in [0.2, 0.25) is 0 Å². The smallest absolute Gasteiger partial charge is 0.282 e. The summed E-state index contributed by atoms with van der Waals surface area (Å²) < 4.78 is 14.3. The summed E-state index contributed by atoms with van der Waals surface area (Å²) in [5.74, 6) is 0. The minimum absolute atomic E-state index is 0.0905. The van der Waals surface area contributed by atoms with E-state index in [2.05, 4.69) is 19.8 Å². The molecule has 2 aromatic rings. The van der Waals surface area contributed by atoms with Gasteiger partial charge in [0, 0.05) is 26.2 Å². The van der Waals surface area contributed by atoms with E-state index in [1.165, 1.54) is 0 Å². The Bertz CT molecular complexity index is 745. The molecule has 0 spiro atoms. The Morgan fingerprint density at radius 3 is 2.00 bits per heavy atom. The predicted octanol–water partition coefficient (Wildman–Crippen LogP) is -0.828. The molecule has 0 atom stereocenters. The van der Waals surface area contributed by atoms with Gasteiger partial charge in [-0.25, -0.2) is 9.97 Å². The molecular weight excluding hydrogens is 312 g/mol.